The summed E-state index contributed by atoms with van der Waals surface area (Å²) in [6.45, 7) is 7.45. The lowest BCUT2D eigenvalue weighted by Gasteiger charge is -2.24. The number of aliphatic hydroxyl groups excluding tert-OH is 1. The molecule has 1 amide bonds. The van der Waals surface area contributed by atoms with Gasteiger partial charge in [-0.25, -0.2) is 4.79 Å². The van der Waals surface area contributed by atoms with E-state index in [9.17, 15) is 4.79 Å². The summed E-state index contributed by atoms with van der Waals surface area (Å²) >= 11 is 0. The molecule has 6 heteroatoms. The van der Waals surface area contributed by atoms with E-state index in [1.807, 2.05) is 26.8 Å². The number of likely N-dealkylation sites (tertiary alicyclic amines) is 1. The highest BCUT2D eigenvalue weighted by Crippen LogP contribution is 2.16. The highest BCUT2D eigenvalue weighted by Gasteiger charge is 2.29. The summed E-state index contributed by atoms with van der Waals surface area (Å²) < 4.78 is 10.8. The minimum absolute atomic E-state index is 0.0875. The van der Waals surface area contributed by atoms with Gasteiger partial charge in [0, 0.05) is 19.1 Å². The quantitative estimate of drug-likeness (QED) is 0.887. The Labute approximate surface area is 125 Å². The second-order valence-electron chi connectivity index (χ2n) is 6.32. The van der Waals surface area contributed by atoms with Crippen molar-refractivity contribution in [3.63, 3.8) is 0 Å². The van der Waals surface area contributed by atoms with Crippen LogP contribution in [-0.4, -0.2) is 40.8 Å². The number of rotatable bonds is 4. The number of hydrogen-bond acceptors (Lipinski definition) is 5. The monoisotopic (exact) mass is 296 g/mol. The minimum Gasteiger partial charge on any atom is -0.462 e. The molecule has 1 aliphatic rings. The fraction of sp³-hybridized carbons (Fsp3) is 0.667. The van der Waals surface area contributed by atoms with E-state index in [-0.39, 0.29) is 18.7 Å². The van der Waals surface area contributed by atoms with E-state index < -0.39 is 5.60 Å². The molecule has 6 nitrogen and oxygen atoms in total. The van der Waals surface area contributed by atoms with Crippen LogP contribution in [0.5, 0.6) is 0 Å². The molecule has 2 heterocycles. The summed E-state index contributed by atoms with van der Waals surface area (Å²) in [5.74, 6) is 1.35. The van der Waals surface area contributed by atoms with Crippen LogP contribution < -0.4 is 5.32 Å². The number of ether oxygens (including phenoxy) is 1. The fourth-order valence-electron chi connectivity index (χ4n) is 2.27. The van der Waals surface area contributed by atoms with Crippen molar-refractivity contribution in [2.24, 2.45) is 0 Å². The van der Waals surface area contributed by atoms with E-state index in [0.717, 1.165) is 12.2 Å². The van der Waals surface area contributed by atoms with E-state index in [1.165, 1.54) is 0 Å². The van der Waals surface area contributed by atoms with Crippen LogP contribution >= 0.6 is 0 Å². The lowest BCUT2D eigenvalue weighted by Crippen LogP contribution is -2.38. The predicted molar refractivity (Wildman–Crippen MR) is 77.7 cm³/mol. The van der Waals surface area contributed by atoms with Gasteiger partial charge in [-0.05, 0) is 39.3 Å². The molecular weight excluding hydrogens is 272 g/mol. The zero-order chi connectivity index (χ0) is 15.5. The average Bonchev–Trinajstić information content (AvgIpc) is 3.03. The van der Waals surface area contributed by atoms with Crippen molar-refractivity contribution in [2.75, 3.05) is 13.1 Å². The Morgan fingerprint density at radius 3 is 2.81 bits per heavy atom. The van der Waals surface area contributed by atoms with Crippen LogP contribution in [0.1, 0.15) is 38.7 Å². The molecule has 2 N–H and O–H groups in total. The first-order chi connectivity index (χ1) is 9.87. The Morgan fingerprint density at radius 1 is 1.48 bits per heavy atom. The maximum absolute atomic E-state index is 12.0. The third-order valence-corrected chi connectivity index (χ3v) is 3.28. The van der Waals surface area contributed by atoms with Crippen molar-refractivity contribution < 1.29 is 19.1 Å². The molecule has 1 fully saturated rings. The molecule has 0 aromatic carbocycles. The number of aliphatic hydroxyl groups is 1. The number of hydrogen-bond donors (Lipinski definition) is 2. The first kappa shape index (κ1) is 15.9. The van der Waals surface area contributed by atoms with E-state index in [2.05, 4.69) is 5.32 Å². The van der Waals surface area contributed by atoms with Crippen LogP contribution in [-0.2, 0) is 17.9 Å². The molecule has 0 aliphatic carbocycles. The van der Waals surface area contributed by atoms with Crippen molar-refractivity contribution in [2.45, 2.75) is 52.0 Å². The van der Waals surface area contributed by atoms with Gasteiger partial charge >= 0.3 is 6.09 Å². The maximum Gasteiger partial charge on any atom is 0.410 e. The molecule has 0 radical (unpaired) electrons. The Balaban J connectivity index is 1.76. The molecule has 1 aromatic rings. The topological polar surface area (TPSA) is 74.9 Å². The van der Waals surface area contributed by atoms with Crippen LogP contribution in [0, 0.1) is 0 Å². The van der Waals surface area contributed by atoms with Crippen molar-refractivity contribution in [3.05, 3.63) is 23.7 Å². The van der Waals surface area contributed by atoms with Crippen molar-refractivity contribution in [1.82, 2.24) is 10.2 Å². The van der Waals surface area contributed by atoms with Gasteiger partial charge in [-0.3, -0.25) is 0 Å². The summed E-state index contributed by atoms with van der Waals surface area (Å²) in [5.41, 5.74) is -0.461. The normalized spacial score (nSPS) is 19.0. The standard InChI is InChI=1S/C15H24N2O4/c1-15(2,3)21-14(19)17-7-6-11(9-17)16-8-12-4-5-13(10-18)20-12/h4-5,11,16,18H,6-10H2,1-3H3. The first-order valence-corrected chi connectivity index (χ1v) is 7.27. The van der Waals surface area contributed by atoms with E-state index >= 15 is 0 Å². The summed E-state index contributed by atoms with van der Waals surface area (Å²) in [5, 5.41) is 12.3. The third kappa shape index (κ3) is 4.75. The predicted octanol–water partition coefficient (Wildman–Crippen LogP) is 1.87. The smallest absolute Gasteiger partial charge is 0.410 e. The van der Waals surface area contributed by atoms with E-state index in [0.29, 0.717) is 25.4 Å². The number of nitrogens with one attached hydrogen (secondary N) is 1. The largest absolute Gasteiger partial charge is 0.462 e. The zero-order valence-electron chi connectivity index (χ0n) is 12.9. The maximum atomic E-state index is 12.0. The van der Waals surface area contributed by atoms with Crippen molar-refractivity contribution in [1.29, 1.82) is 0 Å². The molecule has 1 atom stereocenters. The SMILES string of the molecule is CC(C)(C)OC(=O)N1CCC(NCc2ccc(CO)o2)C1. The molecule has 0 bridgehead atoms. The highest BCUT2D eigenvalue weighted by atomic mass is 16.6. The number of furan rings is 1. The van der Waals surface area contributed by atoms with Gasteiger partial charge in [0.15, 0.2) is 0 Å². The third-order valence-electron chi connectivity index (χ3n) is 3.28. The zero-order valence-corrected chi connectivity index (χ0v) is 12.9. The van der Waals surface area contributed by atoms with Crippen LogP contribution in [0.4, 0.5) is 4.79 Å². The average molecular weight is 296 g/mol. The number of nitrogens with zero attached hydrogens (tertiary/aromatic N) is 1. The number of carbonyl (C=O) groups is 1. The van der Waals surface area contributed by atoms with Gasteiger partial charge < -0.3 is 24.5 Å². The molecule has 118 valence electrons. The molecule has 1 saturated heterocycles. The van der Waals surface area contributed by atoms with E-state index in [4.69, 9.17) is 14.3 Å². The molecule has 0 saturated carbocycles. The van der Waals surface area contributed by atoms with Crippen molar-refractivity contribution >= 4 is 6.09 Å². The summed E-state index contributed by atoms with van der Waals surface area (Å²) in [6.07, 6.45) is 0.639. The molecule has 2 rings (SSSR count). The van der Waals surface area contributed by atoms with Gasteiger partial charge in [0.2, 0.25) is 0 Å². The lowest BCUT2D eigenvalue weighted by molar-refractivity contribution is 0.0291. The Hall–Kier alpha value is -1.53. The van der Waals surface area contributed by atoms with Crippen LogP contribution in [0.3, 0.4) is 0 Å². The summed E-state index contributed by atoms with van der Waals surface area (Å²) in [6, 6.07) is 3.85. The highest BCUT2D eigenvalue weighted by molar-refractivity contribution is 5.68. The van der Waals surface area contributed by atoms with Crippen LogP contribution in [0.2, 0.25) is 0 Å². The second kappa shape index (κ2) is 6.49. The van der Waals surface area contributed by atoms with Gasteiger partial charge in [-0.2, -0.15) is 0 Å². The molecule has 1 unspecified atom stereocenters. The Bertz CT molecular complexity index is 478. The Kier molecular flexibility index (Phi) is 4.90. The number of carbonyl (C=O) groups excluding carboxylic acids is 1. The molecule has 21 heavy (non-hydrogen) atoms. The molecule has 1 aromatic heterocycles. The fourth-order valence-corrected chi connectivity index (χ4v) is 2.27. The Morgan fingerprint density at radius 2 is 2.19 bits per heavy atom. The second-order valence-corrected chi connectivity index (χ2v) is 6.32. The van der Waals surface area contributed by atoms with Gasteiger partial charge in [0.25, 0.3) is 0 Å². The molecular formula is C15H24N2O4. The molecule has 1 aliphatic heterocycles. The van der Waals surface area contributed by atoms with Crippen LogP contribution in [0.25, 0.3) is 0 Å². The van der Waals surface area contributed by atoms with Gasteiger partial charge in [0.05, 0.1) is 6.54 Å². The minimum atomic E-state index is -0.461. The molecule has 0 spiro atoms. The van der Waals surface area contributed by atoms with Gasteiger partial charge in [0.1, 0.15) is 23.7 Å². The summed E-state index contributed by atoms with van der Waals surface area (Å²) in [4.78, 5) is 13.7. The van der Waals surface area contributed by atoms with Crippen LogP contribution in [0.15, 0.2) is 16.5 Å². The first-order valence-electron chi connectivity index (χ1n) is 7.27. The number of amides is 1. The van der Waals surface area contributed by atoms with Gasteiger partial charge in [-0.1, -0.05) is 0 Å². The lowest BCUT2D eigenvalue weighted by atomic mass is 10.2. The van der Waals surface area contributed by atoms with E-state index in [1.54, 1.807) is 11.0 Å². The summed E-state index contributed by atoms with van der Waals surface area (Å²) in [7, 11) is 0. The van der Waals surface area contributed by atoms with Gasteiger partial charge in [-0.15, -0.1) is 0 Å². The van der Waals surface area contributed by atoms with Crippen molar-refractivity contribution in [3.8, 4) is 0 Å².